The van der Waals surface area contributed by atoms with Crippen LogP contribution in [0.25, 0.3) is 10.9 Å². The summed E-state index contributed by atoms with van der Waals surface area (Å²) in [5.74, 6) is 2.65. The van der Waals surface area contributed by atoms with E-state index in [1.54, 1.807) is 14.2 Å². The van der Waals surface area contributed by atoms with Crippen LogP contribution in [-0.2, 0) is 16.0 Å². The fraction of sp³-hybridized carbons (Fsp3) is 0.360. The molecule has 1 aliphatic rings. The molecule has 1 N–H and O–H groups in total. The first-order chi connectivity index (χ1) is 16.2. The van der Waals surface area contributed by atoms with E-state index in [0.717, 1.165) is 35.4 Å². The van der Waals surface area contributed by atoms with Crippen molar-refractivity contribution in [2.24, 2.45) is 0 Å². The smallest absolute Gasteiger partial charge is 0.257 e. The van der Waals surface area contributed by atoms with E-state index < -0.39 is 0 Å². The predicted molar refractivity (Wildman–Crippen MR) is 127 cm³/mol. The molecule has 0 bridgehead atoms. The van der Waals surface area contributed by atoms with Crippen molar-refractivity contribution < 1.29 is 23.7 Å². The number of carbonyl (C=O) groups excluding carboxylic acids is 1. The molecule has 0 spiro atoms. The van der Waals surface area contributed by atoms with Gasteiger partial charge in [0.25, 0.3) is 5.91 Å². The predicted octanol–water partition coefficient (Wildman–Crippen LogP) is 2.83. The molecule has 1 aromatic heterocycles. The van der Waals surface area contributed by atoms with E-state index in [0.29, 0.717) is 43.4 Å². The van der Waals surface area contributed by atoms with Gasteiger partial charge >= 0.3 is 0 Å². The van der Waals surface area contributed by atoms with Crippen molar-refractivity contribution in [1.29, 1.82) is 0 Å². The molecule has 174 valence electrons. The van der Waals surface area contributed by atoms with Gasteiger partial charge in [-0.25, -0.2) is 4.98 Å². The summed E-state index contributed by atoms with van der Waals surface area (Å²) in [6.07, 6.45) is 0.671. The van der Waals surface area contributed by atoms with Crippen LogP contribution in [0.1, 0.15) is 5.56 Å². The van der Waals surface area contributed by atoms with Gasteiger partial charge < -0.3 is 29.2 Å². The lowest BCUT2D eigenvalue weighted by Gasteiger charge is -2.28. The third-order valence-corrected chi connectivity index (χ3v) is 5.55. The maximum Gasteiger partial charge on any atom is 0.257 e. The Labute approximate surface area is 193 Å². The molecule has 33 heavy (non-hydrogen) atoms. The van der Waals surface area contributed by atoms with E-state index in [1.165, 1.54) is 0 Å². The molecule has 0 radical (unpaired) electrons. The molecule has 0 atom stereocenters. The van der Waals surface area contributed by atoms with Gasteiger partial charge in [-0.05, 0) is 42.3 Å². The topological polar surface area (TPSA) is 82.2 Å². The van der Waals surface area contributed by atoms with Crippen LogP contribution < -0.4 is 24.4 Å². The molecular formula is C25H29N3O5. The highest BCUT2D eigenvalue weighted by Gasteiger charge is 2.14. The molecule has 0 aliphatic carbocycles. The number of benzene rings is 2. The standard InChI is InChI=1S/C25H29N3O5/c1-30-20-8-6-18(16-22(20)31-2)10-11-26-24(29)17-33-21-5-3-4-19-7-9-23(27-25(19)21)28-12-14-32-15-13-28/h3-9,16H,10-15,17H2,1-2H3,(H,26,29). The van der Waals surface area contributed by atoms with Gasteiger partial charge in [0.15, 0.2) is 18.1 Å². The Balaban J connectivity index is 1.33. The summed E-state index contributed by atoms with van der Waals surface area (Å²) >= 11 is 0. The summed E-state index contributed by atoms with van der Waals surface area (Å²) in [5, 5.41) is 3.87. The fourth-order valence-electron chi connectivity index (χ4n) is 3.77. The Bertz CT molecular complexity index is 1100. The molecule has 8 heteroatoms. The van der Waals surface area contributed by atoms with Crippen LogP contribution in [0.2, 0.25) is 0 Å². The molecule has 1 saturated heterocycles. The summed E-state index contributed by atoms with van der Waals surface area (Å²) in [4.78, 5) is 19.4. The Morgan fingerprint density at radius 3 is 2.64 bits per heavy atom. The zero-order valence-electron chi connectivity index (χ0n) is 19.0. The summed E-state index contributed by atoms with van der Waals surface area (Å²) in [5.41, 5.74) is 1.79. The zero-order valence-corrected chi connectivity index (χ0v) is 19.0. The summed E-state index contributed by atoms with van der Waals surface area (Å²) in [6.45, 7) is 3.43. The number of nitrogens with zero attached hydrogens (tertiary/aromatic N) is 2. The van der Waals surface area contributed by atoms with Gasteiger partial charge in [-0.3, -0.25) is 4.79 Å². The van der Waals surface area contributed by atoms with Gasteiger partial charge in [0.1, 0.15) is 17.1 Å². The Morgan fingerprint density at radius 1 is 1.03 bits per heavy atom. The van der Waals surface area contributed by atoms with Crippen LogP contribution >= 0.6 is 0 Å². The SMILES string of the molecule is COc1ccc(CCNC(=O)COc2cccc3ccc(N4CCOCC4)nc23)cc1OC. The first-order valence-corrected chi connectivity index (χ1v) is 11.0. The van der Waals surface area contributed by atoms with Crippen LogP contribution in [-0.4, -0.2) is 64.6 Å². The number of ether oxygens (including phenoxy) is 4. The lowest BCUT2D eigenvalue weighted by Crippen LogP contribution is -2.36. The highest BCUT2D eigenvalue weighted by Crippen LogP contribution is 2.28. The number of carbonyl (C=O) groups is 1. The number of hydrogen-bond donors (Lipinski definition) is 1. The van der Waals surface area contributed by atoms with E-state index in [9.17, 15) is 4.79 Å². The lowest BCUT2D eigenvalue weighted by molar-refractivity contribution is -0.123. The van der Waals surface area contributed by atoms with Crippen molar-refractivity contribution in [3.63, 3.8) is 0 Å². The van der Waals surface area contributed by atoms with Crippen molar-refractivity contribution in [2.45, 2.75) is 6.42 Å². The molecule has 8 nitrogen and oxygen atoms in total. The average molecular weight is 452 g/mol. The summed E-state index contributed by atoms with van der Waals surface area (Å²) in [6, 6.07) is 15.5. The van der Waals surface area contributed by atoms with Crippen LogP contribution in [0.5, 0.6) is 17.2 Å². The van der Waals surface area contributed by atoms with E-state index in [4.69, 9.17) is 23.9 Å². The lowest BCUT2D eigenvalue weighted by atomic mass is 10.1. The summed E-state index contributed by atoms with van der Waals surface area (Å²) in [7, 11) is 3.21. The third-order valence-electron chi connectivity index (χ3n) is 5.55. The van der Waals surface area contributed by atoms with E-state index in [-0.39, 0.29) is 12.5 Å². The number of methoxy groups -OCH3 is 2. The number of aromatic nitrogens is 1. The third kappa shape index (κ3) is 5.64. The molecule has 4 rings (SSSR count). The Hall–Kier alpha value is -3.52. The second-order valence-corrected chi connectivity index (χ2v) is 7.67. The van der Waals surface area contributed by atoms with Crippen molar-refractivity contribution in [2.75, 3.05) is 58.6 Å². The average Bonchev–Trinajstić information content (AvgIpc) is 2.87. The second-order valence-electron chi connectivity index (χ2n) is 7.67. The number of amides is 1. The number of fused-ring (bicyclic) bond motifs is 1. The van der Waals surface area contributed by atoms with Crippen molar-refractivity contribution in [3.05, 3.63) is 54.1 Å². The molecule has 3 aromatic rings. The second kappa shape index (κ2) is 10.9. The van der Waals surface area contributed by atoms with Gasteiger partial charge in [-0.15, -0.1) is 0 Å². The van der Waals surface area contributed by atoms with Gasteiger partial charge in [0.2, 0.25) is 0 Å². The number of nitrogens with one attached hydrogen (secondary N) is 1. The first kappa shape index (κ1) is 22.7. The monoisotopic (exact) mass is 451 g/mol. The van der Waals surface area contributed by atoms with Crippen LogP contribution in [0.4, 0.5) is 5.82 Å². The molecule has 2 aromatic carbocycles. The maximum atomic E-state index is 12.4. The van der Waals surface area contributed by atoms with Gasteiger partial charge in [-0.2, -0.15) is 0 Å². The molecule has 1 fully saturated rings. The highest BCUT2D eigenvalue weighted by molar-refractivity contribution is 5.86. The highest BCUT2D eigenvalue weighted by atomic mass is 16.5. The number of rotatable bonds is 9. The minimum absolute atomic E-state index is 0.0749. The fourth-order valence-corrected chi connectivity index (χ4v) is 3.77. The van der Waals surface area contributed by atoms with Crippen molar-refractivity contribution in [1.82, 2.24) is 10.3 Å². The number of hydrogen-bond acceptors (Lipinski definition) is 7. The van der Waals surface area contributed by atoms with Gasteiger partial charge in [0, 0.05) is 25.0 Å². The molecule has 2 heterocycles. The van der Waals surface area contributed by atoms with E-state index in [1.807, 2.05) is 48.5 Å². The number of anilines is 1. The largest absolute Gasteiger partial charge is 0.493 e. The minimum Gasteiger partial charge on any atom is -0.493 e. The quantitative estimate of drug-likeness (QED) is 0.536. The number of para-hydroxylation sites is 1. The first-order valence-electron chi connectivity index (χ1n) is 11.0. The zero-order chi connectivity index (χ0) is 23.0. The minimum atomic E-state index is -0.184. The van der Waals surface area contributed by atoms with Gasteiger partial charge in [-0.1, -0.05) is 18.2 Å². The Morgan fingerprint density at radius 2 is 1.85 bits per heavy atom. The molecule has 0 unspecified atom stereocenters. The maximum absolute atomic E-state index is 12.4. The van der Waals surface area contributed by atoms with Crippen LogP contribution in [0, 0.1) is 0 Å². The summed E-state index contributed by atoms with van der Waals surface area (Å²) < 4.78 is 21.9. The van der Waals surface area contributed by atoms with Crippen molar-refractivity contribution in [3.8, 4) is 17.2 Å². The molecular weight excluding hydrogens is 422 g/mol. The number of morpholine rings is 1. The molecule has 1 aliphatic heterocycles. The number of pyridine rings is 1. The van der Waals surface area contributed by atoms with Gasteiger partial charge in [0.05, 0.1) is 27.4 Å². The van der Waals surface area contributed by atoms with E-state index >= 15 is 0 Å². The Kier molecular flexibility index (Phi) is 7.47. The van der Waals surface area contributed by atoms with Crippen molar-refractivity contribution >= 4 is 22.6 Å². The van der Waals surface area contributed by atoms with E-state index in [2.05, 4.69) is 10.2 Å². The van der Waals surface area contributed by atoms with Crippen LogP contribution in [0.3, 0.4) is 0 Å². The molecule has 0 saturated carbocycles. The molecule has 1 amide bonds. The van der Waals surface area contributed by atoms with Crippen LogP contribution in [0.15, 0.2) is 48.5 Å². The normalized spacial score (nSPS) is 13.6.